The maximum Gasteiger partial charge on any atom is 0.262 e. The number of phenolic OH excluding ortho intramolecular Hbond substituents is 1. The van der Waals surface area contributed by atoms with Crippen LogP contribution >= 0.6 is 60.8 Å². The molecule has 1 aliphatic rings. The largest absolute Gasteiger partial charge is 0.508 e. The number of carbonyl (C=O) groups is 1. The lowest BCUT2D eigenvalue weighted by atomic mass is 10.1. The van der Waals surface area contributed by atoms with E-state index in [4.69, 9.17) is 13.1 Å². The second-order valence-electron chi connectivity index (χ2n) is 6.94. The van der Waals surface area contributed by atoms with Crippen molar-refractivity contribution in [2.24, 2.45) is 0 Å². The van der Waals surface area contributed by atoms with Crippen molar-refractivity contribution in [1.82, 2.24) is 4.90 Å². The molecule has 0 radical (unpaired) electrons. The van der Waals surface area contributed by atoms with Crippen LogP contribution in [0.25, 0.3) is 0 Å². The van der Waals surface area contributed by atoms with E-state index in [1.165, 1.54) is 0 Å². The zero-order valence-electron chi connectivity index (χ0n) is 16.5. The van der Waals surface area contributed by atoms with Crippen LogP contribution < -0.4 is 13.1 Å². The van der Waals surface area contributed by atoms with Gasteiger partial charge < -0.3 is 23.1 Å². The minimum atomic E-state index is -0.238. The van der Waals surface area contributed by atoms with Gasteiger partial charge in [-0.25, -0.2) is 0 Å². The number of aromatic hydroxyl groups is 1. The van der Waals surface area contributed by atoms with Gasteiger partial charge in [-0.15, -0.1) is 0 Å². The van der Waals surface area contributed by atoms with Gasteiger partial charge in [-0.05, 0) is 17.2 Å². The lowest BCUT2D eigenvalue weighted by Crippen LogP contribution is -2.26. The Labute approximate surface area is 218 Å². The maximum atomic E-state index is 13.6. The Morgan fingerprint density at radius 1 is 0.969 bits per heavy atom. The van der Waals surface area contributed by atoms with Crippen molar-refractivity contribution in [3.05, 3.63) is 82.9 Å². The maximum absolute atomic E-state index is 13.6. The molecule has 0 aliphatic carbocycles. The average Bonchev–Trinajstić information content (AvgIpc) is 3.24. The standard InChI is InChI=1S/C22H17I2NO5S2/c23-31-29-16-9-19(28-13-14-5-2-1-3-6-14)21(20(10-16)30-32-24)22(27)25-11-15-7-4-8-18(26)17(15)12-25/h1-10,26H,11-13H2. The van der Waals surface area contributed by atoms with Gasteiger partial charge in [0.05, 0.1) is 6.54 Å². The van der Waals surface area contributed by atoms with Crippen molar-refractivity contribution < 1.29 is 23.0 Å². The van der Waals surface area contributed by atoms with E-state index in [2.05, 4.69) is 0 Å². The van der Waals surface area contributed by atoms with Gasteiger partial charge in [0, 0.05) is 66.7 Å². The normalized spacial score (nSPS) is 12.4. The van der Waals surface area contributed by atoms with E-state index < -0.39 is 0 Å². The lowest BCUT2D eigenvalue weighted by Gasteiger charge is -2.21. The van der Waals surface area contributed by atoms with E-state index in [0.29, 0.717) is 42.5 Å². The van der Waals surface area contributed by atoms with Crippen LogP contribution in [0.4, 0.5) is 0 Å². The summed E-state index contributed by atoms with van der Waals surface area (Å²) in [6.07, 6.45) is 0. The topological polar surface area (TPSA) is 68.2 Å². The van der Waals surface area contributed by atoms with Crippen molar-refractivity contribution in [3.8, 4) is 23.0 Å². The molecule has 0 aromatic heterocycles. The third kappa shape index (κ3) is 5.34. The summed E-state index contributed by atoms with van der Waals surface area (Å²) in [5, 5.41) is 10.2. The fourth-order valence-corrected chi connectivity index (χ4v) is 5.09. The van der Waals surface area contributed by atoms with Crippen LogP contribution in [0, 0.1) is 0 Å². The monoisotopic (exact) mass is 693 g/mol. The summed E-state index contributed by atoms with van der Waals surface area (Å²) in [6, 6.07) is 18.5. The minimum Gasteiger partial charge on any atom is -0.508 e. The molecule has 166 valence electrons. The van der Waals surface area contributed by atoms with Crippen LogP contribution in [0.15, 0.2) is 60.7 Å². The third-order valence-electron chi connectivity index (χ3n) is 4.99. The molecule has 1 amide bonds. The van der Waals surface area contributed by atoms with Gasteiger partial charge in [0.25, 0.3) is 5.91 Å². The second kappa shape index (κ2) is 11.1. The molecule has 3 aromatic carbocycles. The number of halogens is 2. The highest BCUT2D eigenvalue weighted by atomic mass is 127. The number of amides is 1. The molecule has 10 heteroatoms. The summed E-state index contributed by atoms with van der Waals surface area (Å²) in [5.74, 6) is 1.22. The van der Waals surface area contributed by atoms with Gasteiger partial charge in [-0.3, -0.25) is 4.79 Å². The first-order valence-corrected chi connectivity index (χ1v) is 16.0. The third-order valence-corrected chi connectivity index (χ3v) is 6.56. The Morgan fingerprint density at radius 3 is 2.44 bits per heavy atom. The molecule has 0 saturated carbocycles. The Balaban J connectivity index is 1.69. The number of hydrogen-bond acceptors (Lipinski definition) is 7. The number of fused-ring (bicyclic) bond motifs is 1. The van der Waals surface area contributed by atoms with E-state index in [1.54, 1.807) is 29.2 Å². The first kappa shape index (κ1) is 23.6. The summed E-state index contributed by atoms with van der Waals surface area (Å²) in [7, 11) is 2.27. The number of nitrogens with zero attached hydrogens (tertiary/aromatic N) is 1. The molecule has 6 nitrogen and oxygen atoms in total. The quantitative estimate of drug-likeness (QED) is 0.204. The second-order valence-corrected chi connectivity index (χ2v) is 9.68. The Kier molecular flexibility index (Phi) is 8.18. The smallest absolute Gasteiger partial charge is 0.262 e. The molecule has 1 N–H and O–H groups in total. The van der Waals surface area contributed by atoms with Crippen molar-refractivity contribution in [2.45, 2.75) is 19.7 Å². The molecule has 0 spiro atoms. The molecule has 4 rings (SSSR count). The molecular formula is C22H17I2NO5S2. The van der Waals surface area contributed by atoms with Gasteiger partial charge in [0.1, 0.15) is 47.8 Å². The summed E-state index contributed by atoms with van der Waals surface area (Å²) >= 11 is 4.04. The van der Waals surface area contributed by atoms with Gasteiger partial charge in [-0.1, -0.05) is 42.5 Å². The number of benzene rings is 3. The summed E-state index contributed by atoms with van der Waals surface area (Å²) in [6.45, 7) is 1.01. The van der Waals surface area contributed by atoms with E-state index in [1.807, 2.05) is 78.8 Å². The molecule has 0 unspecified atom stereocenters. The molecule has 3 aromatic rings. The first-order chi connectivity index (χ1) is 15.6. The predicted molar refractivity (Wildman–Crippen MR) is 143 cm³/mol. The molecule has 0 saturated heterocycles. The Hall–Kier alpha value is -1.51. The van der Waals surface area contributed by atoms with E-state index in [-0.39, 0.29) is 11.7 Å². The van der Waals surface area contributed by atoms with Gasteiger partial charge >= 0.3 is 0 Å². The van der Waals surface area contributed by atoms with Crippen LogP contribution in [-0.2, 0) is 19.7 Å². The van der Waals surface area contributed by atoms with Crippen LogP contribution in [-0.4, -0.2) is 15.9 Å². The number of carbonyl (C=O) groups excluding carboxylic acids is 1. The average molecular weight is 693 g/mol. The molecule has 0 bridgehead atoms. The van der Waals surface area contributed by atoms with Crippen LogP contribution in [0.1, 0.15) is 27.0 Å². The molecule has 0 atom stereocenters. The van der Waals surface area contributed by atoms with Crippen LogP contribution in [0.2, 0.25) is 0 Å². The van der Waals surface area contributed by atoms with Crippen molar-refractivity contribution in [3.63, 3.8) is 0 Å². The van der Waals surface area contributed by atoms with E-state index >= 15 is 0 Å². The van der Waals surface area contributed by atoms with Crippen molar-refractivity contribution >= 4 is 66.7 Å². The highest BCUT2D eigenvalue weighted by Crippen LogP contribution is 2.41. The predicted octanol–water partition coefficient (Wildman–Crippen LogP) is 6.88. The van der Waals surface area contributed by atoms with Gasteiger partial charge in [0.2, 0.25) is 0 Å². The zero-order chi connectivity index (χ0) is 22.5. The molecule has 32 heavy (non-hydrogen) atoms. The van der Waals surface area contributed by atoms with Crippen molar-refractivity contribution in [2.75, 3.05) is 0 Å². The number of rotatable bonds is 8. The fraction of sp³-hybridized carbons (Fsp3) is 0.136. The molecule has 0 fully saturated rings. The SMILES string of the molecule is O=C(c1c(OCc2ccccc2)cc(OSI)cc1OSI)N1Cc2cccc(O)c2C1. The zero-order valence-corrected chi connectivity index (χ0v) is 22.4. The summed E-state index contributed by atoms with van der Waals surface area (Å²) in [5.41, 5.74) is 2.99. The number of hydrogen-bond donors (Lipinski definition) is 1. The fourth-order valence-electron chi connectivity index (χ4n) is 3.52. The Bertz CT molecular complexity index is 1120. The van der Waals surface area contributed by atoms with E-state index in [0.717, 1.165) is 35.1 Å². The van der Waals surface area contributed by atoms with Crippen LogP contribution in [0.5, 0.6) is 23.0 Å². The molecular weight excluding hydrogens is 676 g/mol. The molecule has 1 heterocycles. The number of ether oxygens (including phenoxy) is 1. The van der Waals surface area contributed by atoms with Gasteiger partial charge in [-0.2, -0.15) is 0 Å². The summed E-state index contributed by atoms with van der Waals surface area (Å²) < 4.78 is 17.4. The lowest BCUT2D eigenvalue weighted by molar-refractivity contribution is 0.0744. The van der Waals surface area contributed by atoms with Gasteiger partial charge in [0.15, 0.2) is 5.75 Å². The highest BCUT2D eigenvalue weighted by Gasteiger charge is 2.31. The first-order valence-electron chi connectivity index (χ1n) is 9.45. The highest BCUT2D eigenvalue weighted by molar-refractivity contribution is 14.2. The van der Waals surface area contributed by atoms with Crippen LogP contribution in [0.3, 0.4) is 0 Å². The minimum absolute atomic E-state index is 0.195. The molecule has 1 aliphatic heterocycles. The van der Waals surface area contributed by atoms with E-state index in [9.17, 15) is 9.90 Å². The summed E-state index contributed by atoms with van der Waals surface area (Å²) in [4.78, 5) is 15.3. The Morgan fingerprint density at radius 2 is 1.72 bits per heavy atom. The van der Waals surface area contributed by atoms with Crippen molar-refractivity contribution in [1.29, 1.82) is 0 Å². The number of phenols is 1.